The molecule has 0 atom stereocenters. The van der Waals surface area contributed by atoms with Crippen LogP contribution in [-0.2, 0) is 0 Å². The fourth-order valence-electron chi connectivity index (χ4n) is 2.80. The van der Waals surface area contributed by atoms with Crippen molar-refractivity contribution in [2.24, 2.45) is 0 Å². The highest BCUT2D eigenvalue weighted by molar-refractivity contribution is 6.13. The average molecular weight is 328 g/mol. The molecular weight excluding hydrogens is 308 g/mol. The molecule has 3 rings (SSSR count). The Hall–Kier alpha value is -3.00. The second-order valence-electron chi connectivity index (χ2n) is 6.41. The van der Waals surface area contributed by atoms with E-state index < -0.39 is 0 Å². The summed E-state index contributed by atoms with van der Waals surface area (Å²) < 4.78 is 0. The van der Waals surface area contributed by atoms with E-state index in [1.54, 1.807) is 30.3 Å². The highest BCUT2D eigenvalue weighted by Gasteiger charge is 2.14. The molecule has 3 aromatic rings. The van der Waals surface area contributed by atoms with Crippen molar-refractivity contribution in [2.45, 2.75) is 20.8 Å². The smallest absolute Gasteiger partial charge is 0.193 e. The first kappa shape index (κ1) is 16.8. The van der Waals surface area contributed by atoms with Crippen molar-refractivity contribution < 1.29 is 9.59 Å². The zero-order chi connectivity index (χ0) is 18.0. The van der Waals surface area contributed by atoms with Crippen LogP contribution in [0.4, 0.5) is 0 Å². The van der Waals surface area contributed by atoms with Gasteiger partial charge in [-0.15, -0.1) is 0 Å². The van der Waals surface area contributed by atoms with Crippen LogP contribution in [0.2, 0.25) is 0 Å². The Morgan fingerprint density at radius 3 is 1.64 bits per heavy atom. The zero-order valence-electron chi connectivity index (χ0n) is 14.7. The van der Waals surface area contributed by atoms with E-state index in [0.717, 1.165) is 16.7 Å². The Bertz CT molecular complexity index is 967. The molecule has 0 saturated carbocycles. The standard InChI is InChI=1S/C23H20O2/c1-15-6-4-7-18(12-15)22(24)19-8-5-9-20(14-19)23(25)21-11-10-16(2)17(3)13-21/h4-14H,1-3H3. The Balaban J connectivity index is 1.94. The van der Waals surface area contributed by atoms with Crippen molar-refractivity contribution in [3.63, 3.8) is 0 Å². The second kappa shape index (κ2) is 6.86. The van der Waals surface area contributed by atoms with Crippen molar-refractivity contribution in [1.29, 1.82) is 0 Å². The van der Waals surface area contributed by atoms with E-state index in [4.69, 9.17) is 0 Å². The van der Waals surface area contributed by atoms with Crippen LogP contribution in [-0.4, -0.2) is 11.6 Å². The topological polar surface area (TPSA) is 34.1 Å². The third-order valence-corrected chi connectivity index (χ3v) is 4.44. The highest BCUT2D eigenvalue weighted by atomic mass is 16.1. The van der Waals surface area contributed by atoms with Crippen LogP contribution in [0.5, 0.6) is 0 Å². The largest absolute Gasteiger partial charge is 0.289 e. The minimum atomic E-state index is -0.0709. The van der Waals surface area contributed by atoms with Crippen LogP contribution in [0.25, 0.3) is 0 Å². The van der Waals surface area contributed by atoms with Crippen LogP contribution in [0.15, 0.2) is 66.7 Å². The van der Waals surface area contributed by atoms with Gasteiger partial charge in [0.1, 0.15) is 0 Å². The van der Waals surface area contributed by atoms with Crippen LogP contribution in [0.3, 0.4) is 0 Å². The van der Waals surface area contributed by atoms with Gasteiger partial charge in [0.25, 0.3) is 0 Å². The molecule has 0 aliphatic heterocycles. The predicted octanol–water partition coefficient (Wildman–Crippen LogP) is 5.07. The molecule has 0 amide bonds. The Kier molecular flexibility index (Phi) is 4.62. The third kappa shape index (κ3) is 3.58. The molecule has 0 unspecified atom stereocenters. The molecule has 2 heteroatoms. The van der Waals surface area contributed by atoms with E-state index in [9.17, 15) is 9.59 Å². The lowest BCUT2D eigenvalue weighted by molar-refractivity contribution is 0.103. The Labute approximate surface area is 148 Å². The summed E-state index contributed by atoms with van der Waals surface area (Å²) in [5.74, 6) is -0.138. The van der Waals surface area contributed by atoms with E-state index in [0.29, 0.717) is 22.3 Å². The summed E-state index contributed by atoms with van der Waals surface area (Å²) in [6.07, 6.45) is 0. The van der Waals surface area contributed by atoms with Crippen LogP contribution in [0, 0.1) is 20.8 Å². The summed E-state index contributed by atoms with van der Waals surface area (Å²) in [4.78, 5) is 25.5. The van der Waals surface area contributed by atoms with Gasteiger partial charge in [-0.3, -0.25) is 9.59 Å². The summed E-state index contributed by atoms with van der Waals surface area (Å²) >= 11 is 0. The zero-order valence-corrected chi connectivity index (χ0v) is 14.7. The monoisotopic (exact) mass is 328 g/mol. The maximum Gasteiger partial charge on any atom is 0.193 e. The fraction of sp³-hybridized carbons (Fsp3) is 0.130. The molecule has 25 heavy (non-hydrogen) atoms. The van der Waals surface area contributed by atoms with Gasteiger partial charge < -0.3 is 0 Å². The number of carbonyl (C=O) groups is 2. The lowest BCUT2D eigenvalue weighted by Crippen LogP contribution is -2.06. The minimum absolute atomic E-state index is 0.0676. The molecule has 3 aromatic carbocycles. The predicted molar refractivity (Wildman–Crippen MR) is 100 cm³/mol. The van der Waals surface area contributed by atoms with Crippen molar-refractivity contribution in [3.05, 3.63) is 106 Å². The lowest BCUT2D eigenvalue weighted by Gasteiger charge is -2.07. The van der Waals surface area contributed by atoms with E-state index >= 15 is 0 Å². The summed E-state index contributed by atoms with van der Waals surface area (Å²) in [5.41, 5.74) is 5.60. The van der Waals surface area contributed by atoms with Gasteiger partial charge >= 0.3 is 0 Å². The van der Waals surface area contributed by atoms with Gasteiger partial charge in [0.15, 0.2) is 11.6 Å². The molecule has 0 heterocycles. The molecule has 0 radical (unpaired) electrons. The number of rotatable bonds is 4. The van der Waals surface area contributed by atoms with Gasteiger partial charge in [-0.1, -0.05) is 54.1 Å². The van der Waals surface area contributed by atoms with Crippen molar-refractivity contribution in [2.75, 3.05) is 0 Å². The number of hydrogen-bond donors (Lipinski definition) is 0. The van der Waals surface area contributed by atoms with Crippen molar-refractivity contribution in [1.82, 2.24) is 0 Å². The van der Waals surface area contributed by atoms with Gasteiger partial charge in [0, 0.05) is 22.3 Å². The summed E-state index contributed by atoms with van der Waals surface area (Å²) in [5, 5.41) is 0. The van der Waals surface area contributed by atoms with Gasteiger partial charge in [0.2, 0.25) is 0 Å². The van der Waals surface area contributed by atoms with Gasteiger partial charge in [-0.2, -0.15) is 0 Å². The summed E-state index contributed by atoms with van der Waals surface area (Å²) in [6, 6.07) is 20.1. The average Bonchev–Trinajstić information content (AvgIpc) is 2.63. The van der Waals surface area contributed by atoms with Crippen LogP contribution in [0.1, 0.15) is 48.5 Å². The SMILES string of the molecule is Cc1cccc(C(=O)c2cccc(C(=O)c3ccc(C)c(C)c3)c2)c1. The number of carbonyl (C=O) groups excluding carboxylic acids is 2. The maximum atomic E-state index is 12.8. The third-order valence-electron chi connectivity index (χ3n) is 4.44. The highest BCUT2D eigenvalue weighted by Crippen LogP contribution is 2.17. The molecule has 0 N–H and O–H groups in total. The van der Waals surface area contributed by atoms with Crippen molar-refractivity contribution >= 4 is 11.6 Å². The molecule has 124 valence electrons. The Morgan fingerprint density at radius 2 is 1.08 bits per heavy atom. The second-order valence-corrected chi connectivity index (χ2v) is 6.41. The van der Waals surface area contributed by atoms with E-state index in [2.05, 4.69) is 0 Å². The van der Waals surface area contributed by atoms with Gasteiger partial charge in [0.05, 0.1) is 0 Å². The fourth-order valence-corrected chi connectivity index (χ4v) is 2.80. The summed E-state index contributed by atoms with van der Waals surface area (Å²) in [6.45, 7) is 5.96. The number of benzene rings is 3. The lowest BCUT2D eigenvalue weighted by atomic mass is 9.95. The molecule has 0 aliphatic rings. The van der Waals surface area contributed by atoms with Crippen LogP contribution >= 0.6 is 0 Å². The van der Waals surface area contributed by atoms with E-state index in [1.165, 1.54) is 0 Å². The first-order valence-electron chi connectivity index (χ1n) is 8.29. The van der Waals surface area contributed by atoms with Gasteiger partial charge in [-0.05, 0) is 50.1 Å². The number of hydrogen-bond acceptors (Lipinski definition) is 2. The molecule has 2 nitrogen and oxygen atoms in total. The quantitative estimate of drug-likeness (QED) is 0.626. The normalized spacial score (nSPS) is 10.5. The maximum absolute atomic E-state index is 12.8. The number of ketones is 2. The van der Waals surface area contributed by atoms with Crippen molar-refractivity contribution in [3.8, 4) is 0 Å². The van der Waals surface area contributed by atoms with Crippen LogP contribution < -0.4 is 0 Å². The molecule has 0 aliphatic carbocycles. The molecule has 0 spiro atoms. The number of aryl methyl sites for hydroxylation is 3. The van der Waals surface area contributed by atoms with Gasteiger partial charge in [-0.25, -0.2) is 0 Å². The molecule has 0 fully saturated rings. The van der Waals surface area contributed by atoms with E-state index in [-0.39, 0.29) is 11.6 Å². The molecular formula is C23H20O2. The first-order chi connectivity index (χ1) is 12.0. The molecule has 0 saturated heterocycles. The first-order valence-corrected chi connectivity index (χ1v) is 8.29. The molecule has 0 aromatic heterocycles. The summed E-state index contributed by atoms with van der Waals surface area (Å²) in [7, 11) is 0. The minimum Gasteiger partial charge on any atom is -0.289 e. The molecule has 0 bridgehead atoms. The van der Waals surface area contributed by atoms with E-state index in [1.807, 2.05) is 57.2 Å². The Morgan fingerprint density at radius 1 is 0.560 bits per heavy atom.